The fraction of sp³-hybridized carbons (Fsp3) is 0.423. The van der Waals surface area contributed by atoms with E-state index in [0.29, 0.717) is 25.1 Å². The van der Waals surface area contributed by atoms with E-state index >= 15 is 0 Å². The Hall–Kier alpha value is -2.97. The van der Waals surface area contributed by atoms with Crippen molar-refractivity contribution in [3.8, 4) is 6.07 Å². The van der Waals surface area contributed by atoms with Gasteiger partial charge in [-0.2, -0.15) is 5.26 Å². The molecule has 1 fully saturated rings. The lowest BCUT2D eigenvalue weighted by Gasteiger charge is -2.26. The number of nitrogens with two attached hydrogens (primary N) is 1. The average molecular weight is 416 g/mol. The largest absolute Gasteiger partial charge is 0.342 e. The maximum Gasteiger partial charge on any atom is 0.238 e. The molecule has 2 atom stereocenters. The number of carbonyl (C=O) groups is 2. The molecule has 2 unspecified atom stereocenters. The highest BCUT2D eigenvalue weighted by Gasteiger charge is 2.51. The van der Waals surface area contributed by atoms with Gasteiger partial charge < -0.3 is 10.6 Å². The van der Waals surface area contributed by atoms with Gasteiger partial charge in [0.05, 0.1) is 12.0 Å². The minimum Gasteiger partial charge on any atom is -0.342 e. The van der Waals surface area contributed by atoms with Gasteiger partial charge in [-0.15, -0.1) is 0 Å². The maximum absolute atomic E-state index is 13.5. The molecule has 0 spiro atoms. The van der Waals surface area contributed by atoms with Crippen molar-refractivity contribution in [2.75, 3.05) is 19.6 Å². The van der Waals surface area contributed by atoms with Crippen molar-refractivity contribution in [1.29, 1.82) is 5.26 Å². The van der Waals surface area contributed by atoms with E-state index in [0.717, 1.165) is 43.2 Å². The van der Waals surface area contributed by atoms with Gasteiger partial charge in [0.25, 0.3) is 0 Å². The van der Waals surface area contributed by atoms with Crippen LogP contribution in [0.1, 0.15) is 46.3 Å². The Morgan fingerprint density at radius 2 is 2.00 bits per heavy atom. The summed E-state index contributed by atoms with van der Waals surface area (Å²) in [4.78, 5) is 28.6. The van der Waals surface area contributed by atoms with Gasteiger partial charge in [0.1, 0.15) is 5.41 Å². The second-order valence-electron chi connectivity index (χ2n) is 8.80. The van der Waals surface area contributed by atoms with Crippen molar-refractivity contribution >= 4 is 11.7 Å². The van der Waals surface area contributed by atoms with Crippen LogP contribution in [0.15, 0.2) is 48.5 Å². The summed E-state index contributed by atoms with van der Waals surface area (Å²) < 4.78 is 0. The first kappa shape index (κ1) is 21.3. The van der Waals surface area contributed by atoms with Gasteiger partial charge in [-0.25, -0.2) is 0 Å². The molecule has 0 saturated carbocycles. The molecule has 2 N–H and O–H groups in total. The first-order valence-electron chi connectivity index (χ1n) is 11.2. The van der Waals surface area contributed by atoms with E-state index in [1.165, 1.54) is 5.56 Å². The summed E-state index contributed by atoms with van der Waals surface area (Å²) >= 11 is 0. The van der Waals surface area contributed by atoms with Gasteiger partial charge in [-0.3, -0.25) is 9.59 Å². The highest BCUT2D eigenvalue weighted by molar-refractivity contribution is 6.15. The van der Waals surface area contributed by atoms with E-state index in [1.807, 2.05) is 41.3 Å². The van der Waals surface area contributed by atoms with Crippen LogP contribution in [0.3, 0.4) is 0 Å². The molecule has 1 saturated heterocycles. The average Bonchev–Trinajstić information content (AvgIpc) is 3.14. The van der Waals surface area contributed by atoms with Crippen LogP contribution in [0.2, 0.25) is 0 Å². The molecule has 5 heteroatoms. The number of ketones is 1. The highest BCUT2D eigenvalue weighted by Crippen LogP contribution is 2.36. The van der Waals surface area contributed by atoms with Crippen LogP contribution < -0.4 is 5.73 Å². The number of amides is 1. The smallest absolute Gasteiger partial charge is 0.238 e. The van der Waals surface area contributed by atoms with Crippen molar-refractivity contribution in [1.82, 2.24) is 4.90 Å². The fourth-order valence-electron chi connectivity index (χ4n) is 4.94. The van der Waals surface area contributed by atoms with E-state index in [-0.39, 0.29) is 24.2 Å². The van der Waals surface area contributed by atoms with Crippen LogP contribution >= 0.6 is 0 Å². The normalized spacial score (nSPS) is 22.8. The third-order valence-corrected chi connectivity index (χ3v) is 6.90. The van der Waals surface area contributed by atoms with Gasteiger partial charge in [0.15, 0.2) is 5.78 Å². The molecule has 5 nitrogen and oxygen atoms in total. The van der Waals surface area contributed by atoms with Crippen molar-refractivity contribution in [2.24, 2.45) is 17.1 Å². The number of hydrogen-bond donors (Lipinski definition) is 1. The van der Waals surface area contributed by atoms with Gasteiger partial charge >= 0.3 is 0 Å². The van der Waals surface area contributed by atoms with Crippen molar-refractivity contribution < 1.29 is 9.59 Å². The Labute approximate surface area is 183 Å². The number of hydrogen-bond acceptors (Lipinski definition) is 4. The topological polar surface area (TPSA) is 87.2 Å². The number of benzene rings is 2. The predicted molar refractivity (Wildman–Crippen MR) is 119 cm³/mol. The lowest BCUT2D eigenvalue weighted by Crippen LogP contribution is -2.46. The second-order valence-corrected chi connectivity index (χ2v) is 8.80. The SMILES string of the molecule is N#CC1CCc2cc(C(=O)C3(CN)CCN(CCCc4ccccc4)C3=O)ccc2C1. The van der Waals surface area contributed by atoms with Crippen LogP contribution in [0.4, 0.5) is 0 Å². The van der Waals surface area contributed by atoms with Gasteiger partial charge in [0, 0.05) is 25.2 Å². The summed E-state index contributed by atoms with van der Waals surface area (Å²) in [5.74, 6) is -0.239. The molecule has 1 aliphatic heterocycles. The molecule has 1 heterocycles. The summed E-state index contributed by atoms with van der Waals surface area (Å²) in [5.41, 5.74) is 8.98. The number of nitriles is 1. The number of fused-ring (bicyclic) bond motifs is 1. The third-order valence-electron chi connectivity index (χ3n) is 6.90. The number of Topliss-reactive ketones (excluding diaryl/α,β-unsaturated/α-hetero) is 1. The van der Waals surface area contributed by atoms with Crippen LogP contribution in [0, 0.1) is 22.7 Å². The van der Waals surface area contributed by atoms with Gasteiger partial charge in [-0.1, -0.05) is 42.5 Å². The number of nitrogens with zero attached hydrogens (tertiary/aromatic N) is 2. The lowest BCUT2D eigenvalue weighted by molar-refractivity contribution is -0.133. The highest BCUT2D eigenvalue weighted by atomic mass is 16.2. The summed E-state index contributed by atoms with van der Waals surface area (Å²) in [5, 5.41) is 9.19. The quantitative estimate of drug-likeness (QED) is 0.555. The standard InChI is InChI=1S/C26H29N3O2/c27-17-20-8-9-22-16-23(11-10-21(22)15-20)24(30)26(18-28)12-14-29(25(26)31)13-4-7-19-5-2-1-3-6-19/h1-3,5-6,10-11,16,20H,4,7-9,12-15,18,28H2. The summed E-state index contributed by atoms with van der Waals surface area (Å²) in [6.45, 7) is 1.25. The molecule has 1 aliphatic carbocycles. The zero-order valence-electron chi connectivity index (χ0n) is 17.8. The van der Waals surface area contributed by atoms with E-state index in [1.54, 1.807) is 0 Å². The first-order valence-corrected chi connectivity index (χ1v) is 11.2. The fourth-order valence-corrected chi connectivity index (χ4v) is 4.94. The van der Waals surface area contributed by atoms with E-state index in [2.05, 4.69) is 18.2 Å². The van der Waals surface area contributed by atoms with Gasteiger partial charge in [-0.05, 0) is 61.3 Å². The Morgan fingerprint density at radius 1 is 1.19 bits per heavy atom. The van der Waals surface area contributed by atoms with Crippen molar-refractivity contribution in [3.63, 3.8) is 0 Å². The number of rotatable bonds is 7. The number of likely N-dealkylation sites (tertiary alicyclic amines) is 1. The Kier molecular flexibility index (Phi) is 6.20. The van der Waals surface area contributed by atoms with E-state index < -0.39 is 5.41 Å². The molecule has 0 bridgehead atoms. The number of carbonyl (C=O) groups excluding carboxylic acids is 2. The summed E-state index contributed by atoms with van der Waals surface area (Å²) in [6, 6.07) is 18.3. The minimum absolute atomic E-state index is 0.0352. The van der Waals surface area contributed by atoms with Crippen LogP contribution in [-0.2, 0) is 24.1 Å². The Bertz CT molecular complexity index is 1010. The molecule has 160 valence electrons. The molecule has 2 aliphatic rings. The van der Waals surface area contributed by atoms with E-state index in [9.17, 15) is 14.9 Å². The molecular weight excluding hydrogens is 386 g/mol. The molecule has 1 amide bonds. The first-order chi connectivity index (χ1) is 15.1. The summed E-state index contributed by atoms with van der Waals surface area (Å²) in [6.07, 6.45) is 4.59. The molecule has 4 rings (SSSR count). The molecule has 2 aromatic rings. The van der Waals surface area contributed by atoms with E-state index in [4.69, 9.17) is 5.73 Å². The second kappa shape index (κ2) is 9.03. The minimum atomic E-state index is -1.15. The predicted octanol–water partition coefficient (Wildman–Crippen LogP) is 3.31. The van der Waals surface area contributed by atoms with Crippen molar-refractivity contribution in [3.05, 3.63) is 70.8 Å². The maximum atomic E-state index is 13.5. The Balaban J connectivity index is 1.45. The molecule has 31 heavy (non-hydrogen) atoms. The zero-order chi connectivity index (χ0) is 21.8. The third kappa shape index (κ3) is 4.13. The lowest BCUT2D eigenvalue weighted by atomic mass is 9.77. The van der Waals surface area contributed by atoms with Crippen LogP contribution in [0.5, 0.6) is 0 Å². The molecular formula is C26H29N3O2. The van der Waals surface area contributed by atoms with Crippen LogP contribution in [0.25, 0.3) is 0 Å². The Morgan fingerprint density at radius 3 is 2.74 bits per heavy atom. The summed E-state index contributed by atoms with van der Waals surface area (Å²) in [7, 11) is 0. The molecule has 0 aromatic heterocycles. The zero-order valence-corrected chi connectivity index (χ0v) is 17.8. The van der Waals surface area contributed by atoms with Gasteiger partial charge in [0.2, 0.25) is 5.91 Å². The molecule has 2 aromatic carbocycles. The number of aryl methyl sites for hydroxylation is 2. The van der Waals surface area contributed by atoms with Crippen LogP contribution in [-0.4, -0.2) is 36.2 Å². The molecule has 0 radical (unpaired) electrons. The van der Waals surface area contributed by atoms with Crippen molar-refractivity contribution in [2.45, 2.75) is 38.5 Å². The monoisotopic (exact) mass is 415 g/mol.